The van der Waals surface area contributed by atoms with Crippen molar-refractivity contribution in [1.82, 2.24) is 14.9 Å². The maximum Gasteiger partial charge on any atom is 0.253 e. The van der Waals surface area contributed by atoms with Gasteiger partial charge in [-0.2, -0.15) is 0 Å². The monoisotopic (exact) mass is 279 g/mol. The van der Waals surface area contributed by atoms with Crippen molar-refractivity contribution < 1.29 is 9.53 Å². The van der Waals surface area contributed by atoms with Crippen molar-refractivity contribution >= 4 is 5.91 Å². The average molecular weight is 279 g/mol. The van der Waals surface area contributed by atoms with Gasteiger partial charge in [0.2, 0.25) is 5.91 Å². The summed E-state index contributed by atoms with van der Waals surface area (Å²) in [5, 5.41) is 2.79. The van der Waals surface area contributed by atoms with Crippen molar-refractivity contribution in [1.29, 1.82) is 0 Å². The van der Waals surface area contributed by atoms with E-state index in [9.17, 15) is 9.59 Å². The van der Waals surface area contributed by atoms with Crippen LogP contribution in [0.1, 0.15) is 31.9 Å². The van der Waals surface area contributed by atoms with Gasteiger partial charge >= 0.3 is 0 Å². The summed E-state index contributed by atoms with van der Waals surface area (Å²) in [5.74, 6) is -0.187. The molecule has 0 bridgehead atoms. The highest BCUT2D eigenvalue weighted by Gasteiger charge is 2.16. The number of amides is 1. The number of hydrogen-bond acceptors (Lipinski definition) is 4. The largest absolute Gasteiger partial charge is 0.376 e. The second-order valence-electron chi connectivity index (χ2n) is 5.04. The minimum atomic E-state index is -0.187. The fourth-order valence-electron chi connectivity index (χ4n) is 2.22. The number of aryl methyl sites for hydroxylation is 1. The van der Waals surface area contributed by atoms with Crippen LogP contribution in [0.2, 0.25) is 0 Å². The van der Waals surface area contributed by atoms with E-state index in [1.165, 1.54) is 17.0 Å². The van der Waals surface area contributed by atoms with Crippen LogP contribution >= 0.6 is 0 Å². The van der Waals surface area contributed by atoms with E-state index in [2.05, 4.69) is 10.3 Å². The van der Waals surface area contributed by atoms with Crippen molar-refractivity contribution in [3.05, 3.63) is 28.4 Å². The Morgan fingerprint density at radius 1 is 1.60 bits per heavy atom. The average Bonchev–Trinajstić information content (AvgIpc) is 2.93. The lowest BCUT2D eigenvalue weighted by Gasteiger charge is -2.11. The fraction of sp³-hybridized carbons (Fsp3) is 0.643. The van der Waals surface area contributed by atoms with Crippen molar-refractivity contribution in [2.75, 3.05) is 13.2 Å². The van der Waals surface area contributed by atoms with Gasteiger partial charge in [0, 0.05) is 24.9 Å². The Bertz CT molecular complexity index is 507. The molecule has 0 saturated carbocycles. The standard InChI is InChI=1S/C14H21N3O3/c1-2-4-11-7-14(19)17(10-16-11)9-13(18)15-8-12-5-3-6-20-12/h7,10,12H,2-6,8-9H2,1H3,(H,15,18)/t12-/m1/s1. The van der Waals surface area contributed by atoms with Crippen molar-refractivity contribution in [3.8, 4) is 0 Å². The van der Waals surface area contributed by atoms with Crippen LogP contribution in [0.25, 0.3) is 0 Å². The number of aromatic nitrogens is 2. The molecule has 1 aromatic rings. The summed E-state index contributed by atoms with van der Waals surface area (Å²) >= 11 is 0. The van der Waals surface area contributed by atoms with E-state index in [1.807, 2.05) is 6.92 Å². The van der Waals surface area contributed by atoms with Crippen LogP contribution in [0.15, 0.2) is 17.2 Å². The van der Waals surface area contributed by atoms with E-state index in [4.69, 9.17) is 4.74 Å². The Kier molecular flexibility index (Phi) is 5.29. The van der Waals surface area contributed by atoms with Crippen molar-refractivity contribution in [3.63, 3.8) is 0 Å². The molecule has 1 aliphatic rings. The van der Waals surface area contributed by atoms with Gasteiger partial charge in [-0.1, -0.05) is 13.3 Å². The normalized spacial score (nSPS) is 18.1. The molecule has 20 heavy (non-hydrogen) atoms. The van der Waals surface area contributed by atoms with Gasteiger partial charge in [0.05, 0.1) is 12.4 Å². The van der Waals surface area contributed by atoms with E-state index in [0.717, 1.165) is 38.0 Å². The summed E-state index contributed by atoms with van der Waals surface area (Å²) in [6, 6.07) is 1.50. The lowest BCUT2D eigenvalue weighted by atomic mass is 10.2. The molecule has 1 N–H and O–H groups in total. The first-order valence-electron chi connectivity index (χ1n) is 7.12. The van der Waals surface area contributed by atoms with E-state index < -0.39 is 0 Å². The summed E-state index contributed by atoms with van der Waals surface area (Å²) in [4.78, 5) is 27.8. The molecule has 0 spiro atoms. The third kappa shape index (κ3) is 4.16. The zero-order chi connectivity index (χ0) is 14.4. The second kappa shape index (κ2) is 7.19. The second-order valence-corrected chi connectivity index (χ2v) is 5.04. The molecule has 1 amide bonds. The maximum absolute atomic E-state index is 11.8. The molecule has 1 aromatic heterocycles. The molecule has 0 aromatic carbocycles. The number of ether oxygens (including phenoxy) is 1. The maximum atomic E-state index is 11.8. The topological polar surface area (TPSA) is 73.2 Å². The number of hydrogen-bond donors (Lipinski definition) is 1. The molecule has 6 nitrogen and oxygen atoms in total. The van der Waals surface area contributed by atoms with Crippen LogP contribution in [0.3, 0.4) is 0 Å². The Morgan fingerprint density at radius 3 is 3.10 bits per heavy atom. The zero-order valence-corrected chi connectivity index (χ0v) is 11.8. The molecule has 6 heteroatoms. The van der Waals surface area contributed by atoms with E-state index in [1.54, 1.807) is 0 Å². The Morgan fingerprint density at radius 2 is 2.45 bits per heavy atom. The molecular weight excluding hydrogens is 258 g/mol. The third-order valence-electron chi connectivity index (χ3n) is 3.31. The van der Waals surface area contributed by atoms with Crippen LogP contribution in [-0.4, -0.2) is 34.7 Å². The van der Waals surface area contributed by atoms with Crippen LogP contribution in [0.4, 0.5) is 0 Å². The highest BCUT2D eigenvalue weighted by atomic mass is 16.5. The Balaban J connectivity index is 1.85. The summed E-state index contributed by atoms with van der Waals surface area (Å²) in [7, 11) is 0. The SMILES string of the molecule is CCCc1cc(=O)n(CC(=O)NC[C@H]2CCCO2)cn1. The summed E-state index contributed by atoms with van der Waals surface area (Å²) in [6.45, 7) is 3.31. The molecule has 2 heterocycles. The van der Waals surface area contributed by atoms with Crippen molar-refractivity contribution in [2.24, 2.45) is 0 Å². The molecule has 0 radical (unpaired) electrons. The fourth-order valence-corrected chi connectivity index (χ4v) is 2.22. The summed E-state index contributed by atoms with van der Waals surface area (Å²) < 4.78 is 6.75. The molecule has 0 unspecified atom stereocenters. The van der Waals surface area contributed by atoms with Crippen LogP contribution < -0.4 is 10.9 Å². The first-order chi connectivity index (χ1) is 9.69. The van der Waals surface area contributed by atoms with Gasteiger partial charge in [-0.3, -0.25) is 14.2 Å². The quantitative estimate of drug-likeness (QED) is 0.822. The van der Waals surface area contributed by atoms with Gasteiger partial charge in [-0.15, -0.1) is 0 Å². The molecular formula is C14H21N3O3. The molecule has 1 atom stereocenters. The highest BCUT2D eigenvalue weighted by Crippen LogP contribution is 2.10. The Hall–Kier alpha value is -1.69. The minimum Gasteiger partial charge on any atom is -0.376 e. The predicted octanol–water partition coefficient (Wildman–Crippen LogP) is 0.491. The molecule has 1 saturated heterocycles. The number of carbonyl (C=O) groups is 1. The zero-order valence-electron chi connectivity index (χ0n) is 11.8. The van der Waals surface area contributed by atoms with Gasteiger partial charge in [0.1, 0.15) is 6.54 Å². The smallest absolute Gasteiger partial charge is 0.253 e. The molecule has 1 aliphatic heterocycles. The van der Waals surface area contributed by atoms with Gasteiger partial charge in [0.25, 0.3) is 5.56 Å². The number of carbonyl (C=O) groups excluding carboxylic acids is 1. The number of nitrogens with zero attached hydrogens (tertiary/aromatic N) is 2. The lowest BCUT2D eigenvalue weighted by Crippen LogP contribution is -2.36. The van der Waals surface area contributed by atoms with E-state index in [0.29, 0.717) is 6.54 Å². The predicted molar refractivity (Wildman–Crippen MR) is 74.5 cm³/mol. The molecule has 110 valence electrons. The van der Waals surface area contributed by atoms with Gasteiger partial charge in [-0.05, 0) is 19.3 Å². The molecule has 0 aliphatic carbocycles. The third-order valence-corrected chi connectivity index (χ3v) is 3.31. The van der Waals surface area contributed by atoms with Gasteiger partial charge < -0.3 is 10.1 Å². The van der Waals surface area contributed by atoms with Gasteiger partial charge in [-0.25, -0.2) is 4.98 Å². The summed E-state index contributed by atoms with van der Waals surface area (Å²) in [5.41, 5.74) is 0.587. The Labute approximate surface area is 118 Å². The van der Waals surface area contributed by atoms with Crippen LogP contribution in [0, 0.1) is 0 Å². The van der Waals surface area contributed by atoms with Crippen molar-refractivity contribution in [2.45, 2.75) is 45.3 Å². The molecule has 2 rings (SSSR count). The van der Waals surface area contributed by atoms with Gasteiger partial charge in [0.15, 0.2) is 0 Å². The summed E-state index contributed by atoms with van der Waals surface area (Å²) in [6.07, 6.45) is 5.30. The van der Waals surface area contributed by atoms with Crippen LogP contribution in [0.5, 0.6) is 0 Å². The molecule has 1 fully saturated rings. The van der Waals surface area contributed by atoms with E-state index in [-0.39, 0.29) is 24.1 Å². The first-order valence-corrected chi connectivity index (χ1v) is 7.12. The number of nitrogens with one attached hydrogen (secondary N) is 1. The minimum absolute atomic E-state index is 0.00492. The van der Waals surface area contributed by atoms with E-state index >= 15 is 0 Å². The van der Waals surface area contributed by atoms with Crippen LogP contribution in [-0.2, 0) is 22.5 Å². The number of rotatable bonds is 6. The lowest BCUT2D eigenvalue weighted by molar-refractivity contribution is -0.122. The first kappa shape index (κ1) is 14.7. The highest BCUT2D eigenvalue weighted by molar-refractivity contribution is 5.75.